The van der Waals surface area contributed by atoms with Crippen molar-refractivity contribution in [1.82, 2.24) is 4.57 Å². The number of carboxylic acid groups (broad SMARTS) is 1. The molecule has 1 aliphatic heterocycles. The number of carboxylic acids is 1. The van der Waals surface area contributed by atoms with E-state index in [1.165, 1.54) is 12.1 Å². The van der Waals surface area contributed by atoms with Gasteiger partial charge in [-0.25, -0.2) is 4.79 Å². The summed E-state index contributed by atoms with van der Waals surface area (Å²) in [5, 5.41) is 23.3. The lowest BCUT2D eigenvalue weighted by atomic mass is 10.1. The van der Waals surface area contributed by atoms with Crippen LogP contribution in [0.3, 0.4) is 0 Å². The van der Waals surface area contributed by atoms with Gasteiger partial charge in [0.1, 0.15) is 16.2 Å². The maximum atomic E-state index is 13.4. The van der Waals surface area contributed by atoms with Crippen LogP contribution < -0.4 is 10.9 Å². The molecule has 32 heavy (non-hydrogen) atoms. The minimum atomic E-state index is -4.31. The van der Waals surface area contributed by atoms with E-state index in [9.17, 15) is 23.1 Å². The first-order chi connectivity index (χ1) is 15.3. The molecule has 3 aromatic rings. The minimum absolute atomic E-state index is 0.0801. The number of pyridine rings is 1. The molecule has 1 aromatic heterocycles. The van der Waals surface area contributed by atoms with Gasteiger partial charge in [-0.05, 0) is 42.7 Å². The average molecular weight is 453 g/mol. The van der Waals surface area contributed by atoms with Gasteiger partial charge in [0.05, 0.1) is 16.8 Å². The predicted molar refractivity (Wildman–Crippen MR) is 118 cm³/mol. The largest absolute Gasteiger partial charge is 0.506 e. The number of para-hydroxylation sites is 1. The molecule has 2 aliphatic rings. The van der Waals surface area contributed by atoms with Crippen molar-refractivity contribution >= 4 is 38.4 Å². The van der Waals surface area contributed by atoms with Crippen LogP contribution in [-0.4, -0.2) is 35.0 Å². The molecule has 0 bridgehead atoms. The molecule has 0 atom stereocenters. The Labute approximate surface area is 182 Å². The minimum Gasteiger partial charge on any atom is -0.506 e. The van der Waals surface area contributed by atoms with Crippen LogP contribution in [0.1, 0.15) is 35.2 Å². The van der Waals surface area contributed by atoms with Crippen LogP contribution in [0.4, 0.5) is 5.69 Å². The molecule has 2 aromatic carbocycles. The number of aromatic nitrogens is 1. The molecule has 5 rings (SSSR count). The van der Waals surface area contributed by atoms with E-state index in [0.29, 0.717) is 23.4 Å². The lowest BCUT2D eigenvalue weighted by Gasteiger charge is -2.21. The average Bonchev–Trinajstić information content (AvgIpc) is 3.57. The van der Waals surface area contributed by atoms with E-state index in [1.807, 2.05) is 0 Å². The molecule has 10 heteroatoms. The molecular formula is C22H19N3O6S. The zero-order valence-electron chi connectivity index (χ0n) is 16.8. The summed E-state index contributed by atoms with van der Waals surface area (Å²) < 4.78 is 30.9. The molecule has 9 nitrogen and oxygen atoms in total. The molecular weight excluding hydrogens is 434 g/mol. The van der Waals surface area contributed by atoms with Crippen LogP contribution >= 0.6 is 0 Å². The first-order valence-corrected chi connectivity index (χ1v) is 11.5. The molecule has 1 saturated carbocycles. The molecule has 0 spiro atoms. The van der Waals surface area contributed by atoms with Crippen molar-refractivity contribution in [3.8, 4) is 5.75 Å². The highest BCUT2D eigenvalue weighted by atomic mass is 32.2. The fraction of sp³-hybridized carbons (Fsp3) is 0.227. The molecule has 1 aliphatic carbocycles. The highest BCUT2D eigenvalue weighted by molar-refractivity contribution is 7.90. The monoisotopic (exact) mass is 453 g/mol. The number of nitrogens with one attached hydrogen (secondary N) is 1. The Balaban J connectivity index is 1.69. The number of carbonyl (C=O) groups is 1. The van der Waals surface area contributed by atoms with Crippen molar-refractivity contribution < 1.29 is 23.4 Å². The molecule has 2 heterocycles. The number of hydrogen-bond donors (Lipinski definition) is 3. The van der Waals surface area contributed by atoms with Gasteiger partial charge in [-0.3, -0.25) is 4.79 Å². The summed E-state index contributed by atoms with van der Waals surface area (Å²) in [6, 6.07) is 10.4. The number of benzene rings is 2. The molecule has 164 valence electrons. The third-order valence-corrected chi connectivity index (χ3v) is 7.13. The number of amidine groups is 1. The van der Waals surface area contributed by atoms with Crippen molar-refractivity contribution in [2.45, 2.75) is 30.7 Å². The zero-order valence-corrected chi connectivity index (χ0v) is 17.6. The number of hydrogen-bond acceptors (Lipinski definition) is 6. The summed E-state index contributed by atoms with van der Waals surface area (Å²) in [5.74, 6) is -1.36. The third-order valence-electron chi connectivity index (χ3n) is 5.81. The SMILES string of the molecule is O=C(O)c1ccc2c(c1)S(=O)(=O)N=C(c1c(O)c3ccccc3n(CCC3CC3)c1=O)N2. The number of fused-ring (bicyclic) bond motifs is 2. The van der Waals surface area contributed by atoms with E-state index in [1.54, 1.807) is 28.8 Å². The van der Waals surface area contributed by atoms with E-state index >= 15 is 0 Å². The van der Waals surface area contributed by atoms with Crippen LogP contribution in [0.15, 0.2) is 56.6 Å². The summed E-state index contributed by atoms with van der Waals surface area (Å²) in [6.07, 6.45) is 3.06. The summed E-state index contributed by atoms with van der Waals surface area (Å²) in [6.45, 7) is 0.440. The number of aromatic hydroxyl groups is 1. The van der Waals surface area contributed by atoms with E-state index < -0.39 is 21.6 Å². The molecule has 0 amide bonds. The van der Waals surface area contributed by atoms with E-state index in [0.717, 1.165) is 25.3 Å². The summed E-state index contributed by atoms with van der Waals surface area (Å²) >= 11 is 0. The van der Waals surface area contributed by atoms with Crippen LogP contribution in [0.5, 0.6) is 5.75 Å². The molecule has 0 saturated heterocycles. The highest BCUT2D eigenvalue weighted by Crippen LogP contribution is 2.35. The Morgan fingerprint density at radius 2 is 1.94 bits per heavy atom. The van der Waals surface area contributed by atoms with Crippen LogP contribution in [0.25, 0.3) is 10.9 Å². The number of rotatable bonds is 5. The number of anilines is 1. The van der Waals surface area contributed by atoms with E-state index in [4.69, 9.17) is 5.11 Å². The lowest BCUT2D eigenvalue weighted by Crippen LogP contribution is -2.33. The standard InChI is InChI=1S/C22H19N3O6S/c26-19-14-3-1-2-4-16(14)25(10-9-12-5-6-12)21(27)18(19)20-23-15-8-7-13(22(28)29)11-17(15)32(30,31)24-20/h1-4,7-8,11-12,26H,5-6,9-10H2,(H,23,24)(H,28,29). The Kier molecular flexibility index (Phi) is 4.55. The van der Waals surface area contributed by atoms with Gasteiger partial charge in [-0.15, -0.1) is 4.40 Å². The van der Waals surface area contributed by atoms with Gasteiger partial charge in [-0.1, -0.05) is 25.0 Å². The Bertz CT molecular complexity index is 1490. The fourth-order valence-electron chi connectivity index (χ4n) is 3.94. The Hall–Kier alpha value is -3.66. The molecule has 0 radical (unpaired) electrons. The maximum Gasteiger partial charge on any atom is 0.335 e. The first-order valence-electron chi connectivity index (χ1n) is 10.1. The lowest BCUT2D eigenvalue weighted by molar-refractivity contribution is 0.0696. The third kappa shape index (κ3) is 3.32. The first kappa shape index (κ1) is 20.3. The maximum absolute atomic E-state index is 13.4. The van der Waals surface area contributed by atoms with Gasteiger partial charge in [0.2, 0.25) is 0 Å². The van der Waals surface area contributed by atoms with Crippen LogP contribution in [-0.2, 0) is 16.6 Å². The molecule has 1 fully saturated rings. The topological polar surface area (TPSA) is 138 Å². The Morgan fingerprint density at radius 3 is 2.66 bits per heavy atom. The van der Waals surface area contributed by atoms with Gasteiger partial charge < -0.3 is 20.1 Å². The van der Waals surface area contributed by atoms with Gasteiger partial charge in [0.15, 0.2) is 5.84 Å². The van der Waals surface area contributed by atoms with Crippen molar-refractivity contribution in [3.63, 3.8) is 0 Å². The van der Waals surface area contributed by atoms with Crippen molar-refractivity contribution in [2.75, 3.05) is 5.32 Å². The number of aromatic carboxylic acids is 1. The fourth-order valence-corrected chi connectivity index (χ4v) is 5.09. The van der Waals surface area contributed by atoms with Crippen LogP contribution in [0.2, 0.25) is 0 Å². The van der Waals surface area contributed by atoms with Crippen LogP contribution in [0, 0.1) is 5.92 Å². The van der Waals surface area contributed by atoms with Gasteiger partial charge >= 0.3 is 5.97 Å². The number of aryl methyl sites for hydroxylation is 1. The predicted octanol–water partition coefficient (Wildman–Crippen LogP) is 2.77. The van der Waals surface area contributed by atoms with E-state index in [2.05, 4.69) is 9.71 Å². The van der Waals surface area contributed by atoms with Crippen molar-refractivity contribution in [2.24, 2.45) is 10.3 Å². The zero-order chi connectivity index (χ0) is 22.6. The smallest absolute Gasteiger partial charge is 0.335 e. The van der Waals surface area contributed by atoms with E-state index in [-0.39, 0.29) is 33.3 Å². The van der Waals surface area contributed by atoms with Crippen molar-refractivity contribution in [3.05, 3.63) is 63.9 Å². The summed E-state index contributed by atoms with van der Waals surface area (Å²) in [7, 11) is -4.31. The molecule has 3 N–H and O–H groups in total. The number of sulfonamides is 1. The van der Waals surface area contributed by atoms with Crippen molar-refractivity contribution in [1.29, 1.82) is 0 Å². The molecule has 0 unspecified atom stereocenters. The second-order valence-corrected chi connectivity index (χ2v) is 9.56. The van der Waals surface area contributed by atoms with Gasteiger partial charge in [0.25, 0.3) is 15.6 Å². The van der Waals surface area contributed by atoms with Gasteiger partial charge in [-0.2, -0.15) is 8.42 Å². The highest BCUT2D eigenvalue weighted by Gasteiger charge is 2.31. The Morgan fingerprint density at radius 1 is 1.19 bits per heavy atom. The van der Waals surface area contributed by atoms with Gasteiger partial charge in [0, 0.05) is 11.9 Å². The summed E-state index contributed by atoms with van der Waals surface area (Å²) in [4.78, 5) is 24.3. The summed E-state index contributed by atoms with van der Waals surface area (Å²) in [5.41, 5.74) is -0.352. The second kappa shape index (κ2) is 7.20. The second-order valence-electron chi connectivity index (χ2n) is 7.99. The number of nitrogens with zero attached hydrogens (tertiary/aromatic N) is 2. The normalized spacial score (nSPS) is 16.8. The quantitative estimate of drug-likeness (QED) is 0.540.